The fourth-order valence-electron chi connectivity index (χ4n) is 3.51. The van der Waals surface area contributed by atoms with Crippen LogP contribution in [-0.4, -0.2) is 43.3 Å². The lowest BCUT2D eigenvalue weighted by molar-refractivity contribution is 0.0512. The van der Waals surface area contributed by atoms with Crippen molar-refractivity contribution < 1.29 is 28.6 Å². The summed E-state index contributed by atoms with van der Waals surface area (Å²) in [6.45, 7) is 5.69. The number of nitrogens with one attached hydrogen (secondary N) is 2. The van der Waals surface area contributed by atoms with Crippen LogP contribution in [0.15, 0.2) is 48.5 Å². The Morgan fingerprint density at radius 1 is 0.917 bits per heavy atom. The zero-order valence-electron chi connectivity index (χ0n) is 20.3. The second-order valence-corrected chi connectivity index (χ2v) is 9.01. The van der Waals surface area contributed by atoms with Gasteiger partial charge in [-0.3, -0.25) is 0 Å². The third-order valence-corrected chi connectivity index (χ3v) is 6.26. The van der Waals surface area contributed by atoms with Crippen molar-refractivity contribution in [1.82, 2.24) is 0 Å². The van der Waals surface area contributed by atoms with Gasteiger partial charge in [0.2, 0.25) is 0 Å². The molecule has 0 unspecified atom stereocenters. The molecule has 0 saturated heterocycles. The fraction of sp³-hybridized carbons (Fsp3) is 0.231. The van der Waals surface area contributed by atoms with Gasteiger partial charge < -0.3 is 24.8 Å². The third-order valence-electron chi connectivity index (χ3n) is 5.04. The summed E-state index contributed by atoms with van der Waals surface area (Å²) in [6, 6.07) is 13.9. The number of thiocarbonyl (C=S) groups is 1. The maximum absolute atomic E-state index is 12.7. The Labute approximate surface area is 218 Å². The van der Waals surface area contributed by atoms with Crippen molar-refractivity contribution in [3.63, 3.8) is 0 Å². The molecule has 0 aliphatic heterocycles. The molecule has 0 radical (unpaired) electrons. The standard InChI is InChI=1S/C26H26N2O6S2/c1-5-33-23(29)17-12-13-18(24(30)34-6-2)19(14-17)27-26(35)28-22-21(25(31)32-4)20(15(3)36-22)16-10-8-7-9-11-16/h7-14H,5-6H2,1-4H3,(H2,27,28,35). The Morgan fingerprint density at radius 3 is 2.22 bits per heavy atom. The molecule has 8 nitrogen and oxygen atoms in total. The van der Waals surface area contributed by atoms with Gasteiger partial charge in [-0.25, -0.2) is 14.4 Å². The van der Waals surface area contributed by atoms with E-state index in [0.29, 0.717) is 10.6 Å². The van der Waals surface area contributed by atoms with Gasteiger partial charge in [-0.2, -0.15) is 0 Å². The van der Waals surface area contributed by atoms with Gasteiger partial charge in [-0.05, 0) is 56.8 Å². The maximum atomic E-state index is 12.7. The maximum Gasteiger partial charge on any atom is 0.341 e. The topological polar surface area (TPSA) is 103 Å². The number of methoxy groups -OCH3 is 1. The molecule has 36 heavy (non-hydrogen) atoms. The first-order chi connectivity index (χ1) is 17.3. The van der Waals surface area contributed by atoms with E-state index in [1.54, 1.807) is 13.8 Å². The lowest BCUT2D eigenvalue weighted by atomic mass is 10.0. The molecule has 1 heterocycles. The van der Waals surface area contributed by atoms with Crippen molar-refractivity contribution in [3.8, 4) is 11.1 Å². The van der Waals surface area contributed by atoms with Crippen molar-refractivity contribution >= 4 is 57.3 Å². The van der Waals surface area contributed by atoms with E-state index in [-0.39, 0.29) is 35.1 Å². The first-order valence-electron chi connectivity index (χ1n) is 11.1. The van der Waals surface area contributed by atoms with Crippen molar-refractivity contribution in [2.24, 2.45) is 0 Å². The minimum Gasteiger partial charge on any atom is -0.465 e. The van der Waals surface area contributed by atoms with Crippen molar-refractivity contribution in [1.29, 1.82) is 0 Å². The lowest BCUT2D eigenvalue weighted by Gasteiger charge is -2.15. The van der Waals surface area contributed by atoms with E-state index in [2.05, 4.69) is 10.6 Å². The van der Waals surface area contributed by atoms with E-state index in [9.17, 15) is 14.4 Å². The number of carbonyl (C=O) groups is 3. The molecule has 0 bridgehead atoms. The molecule has 0 atom stereocenters. The van der Waals surface area contributed by atoms with Gasteiger partial charge in [0, 0.05) is 10.4 Å². The molecule has 188 valence electrons. The molecule has 3 aromatic rings. The number of carbonyl (C=O) groups excluding carboxylic acids is 3. The average molecular weight is 527 g/mol. The highest BCUT2D eigenvalue weighted by Gasteiger charge is 2.25. The van der Waals surface area contributed by atoms with E-state index < -0.39 is 17.9 Å². The smallest absolute Gasteiger partial charge is 0.341 e. The molecule has 0 fully saturated rings. The summed E-state index contributed by atoms with van der Waals surface area (Å²) in [7, 11) is 1.32. The summed E-state index contributed by atoms with van der Waals surface area (Å²) in [4.78, 5) is 38.4. The number of ether oxygens (including phenoxy) is 3. The van der Waals surface area contributed by atoms with Crippen LogP contribution >= 0.6 is 23.6 Å². The highest BCUT2D eigenvalue weighted by atomic mass is 32.1. The fourth-order valence-corrected chi connectivity index (χ4v) is 4.86. The molecule has 0 aliphatic rings. The van der Waals surface area contributed by atoms with Gasteiger partial charge in [0.15, 0.2) is 5.11 Å². The summed E-state index contributed by atoms with van der Waals surface area (Å²) in [5.74, 6) is -1.63. The summed E-state index contributed by atoms with van der Waals surface area (Å²) < 4.78 is 15.2. The molecule has 2 aromatic carbocycles. The quantitative estimate of drug-likeness (QED) is 0.218. The predicted molar refractivity (Wildman–Crippen MR) is 144 cm³/mol. The Bertz CT molecular complexity index is 1290. The van der Waals surface area contributed by atoms with Crippen LogP contribution in [0.3, 0.4) is 0 Å². The van der Waals surface area contributed by atoms with Crippen molar-refractivity contribution in [2.45, 2.75) is 20.8 Å². The number of thiophene rings is 1. The Balaban J connectivity index is 1.96. The predicted octanol–water partition coefficient (Wildman–Crippen LogP) is 5.67. The Hall–Kier alpha value is -3.76. The lowest BCUT2D eigenvalue weighted by Crippen LogP contribution is -2.22. The van der Waals surface area contributed by atoms with Gasteiger partial charge in [-0.15, -0.1) is 11.3 Å². The molecular weight excluding hydrogens is 500 g/mol. The zero-order valence-corrected chi connectivity index (χ0v) is 21.9. The van der Waals surface area contributed by atoms with Gasteiger partial charge in [0.05, 0.1) is 37.1 Å². The largest absolute Gasteiger partial charge is 0.465 e. The number of hydrogen-bond acceptors (Lipinski definition) is 8. The zero-order chi connectivity index (χ0) is 26.2. The van der Waals surface area contributed by atoms with Gasteiger partial charge in [0.25, 0.3) is 0 Å². The Morgan fingerprint density at radius 2 is 1.58 bits per heavy atom. The second kappa shape index (κ2) is 12.3. The number of aryl methyl sites for hydroxylation is 1. The molecule has 0 saturated carbocycles. The van der Waals surface area contributed by atoms with E-state index in [1.165, 1.54) is 36.6 Å². The van der Waals surface area contributed by atoms with Gasteiger partial charge >= 0.3 is 17.9 Å². The average Bonchev–Trinajstić information content (AvgIpc) is 3.19. The van der Waals surface area contributed by atoms with Crippen LogP contribution in [0.1, 0.15) is 49.8 Å². The molecule has 10 heteroatoms. The highest BCUT2D eigenvalue weighted by molar-refractivity contribution is 7.80. The van der Waals surface area contributed by atoms with Crippen LogP contribution in [0.25, 0.3) is 11.1 Å². The van der Waals surface area contributed by atoms with Crippen LogP contribution < -0.4 is 10.6 Å². The number of benzene rings is 2. The molecule has 3 rings (SSSR count). The summed E-state index contributed by atoms with van der Waals surface area (Å²) in [5, 5.41) is 6.59. The Kier molecular flexibility index (Phi) is 9.15. The van der Waals surface area contributed by atoms with E-state index in [4.69, 9.17) is 26.4 Å². The third kappa shape index (κ3) is 6.07. The minimum atomic E-state index is -0.577. The number of anilines is 2. The van der Waals surface area contributed by atoms with E-state index in [0.717, 1.165) is 16.0 Å². The van der Waals surface area contributed by atoms with Crippen LogP contribution in [0.4, 0.5) is 10.7 Å². The molecule has 1 aromatic heterocycles. The second-order valence-electron chi connectivity index (χ2n) is 7.38. The van der Waals surface area contributed by atoms with Crippen LogP contribution in [0, 0.1) is 6.92 Å². The minimum absolute atomic E-state index is 0.104. The molecule has 0 spiro atoms. The highest BCUT2D eigenvalue weighted by Crippen LogP contribution is 2.40. The van der Waals surface area contributed by atoms with Crippen LogP contribution in [0.5, 0.6) is 0 Å². The number of hydrogen-bond donors (Lipinski definition) is 2. The monoisotopic (exact) mass is 526 g/mol. The molecule has 2 N–H and O–H groups in total. The molecule has 0 amide bonds. The summed E-state index contributed by atoms with van der Waals surface area (Å²) >= 11 is 6.85. The van der Waals surface area contributed by atoms with Crippen molar-refractivity contribution in [2.75, 3.05) is 31.0 Å². The van der Waals surface area contributed by atoms with Gasteiger partial charge in [0.1, 0.15) is 10.6 Å². The number of esters is 3. The van der Waals surface area contributed by atoms with E-state index in [1.807, 2.05) is 37.3 Å². The summed E-state index contributed by atoms with van der Waals surface area (Å²) in [6.07, 6.45) is 0. The molecular formula is C26H26N2O6S2. The van der Waals surface area contributed by atoms with Crippen LogP contribution in [-0.2, 0) is 14.2 Å². The first kappa shape index (κ1) is 26.8. The summed E-state index contributed by atoms with van der Waals surface area (Å²) in [5.41, 5.74) is 2.65. The normalized spacial score (nSPS) is 10.3. The molecule has 0 aliphatic carbocycles. The van der Waals surface area contributed by atoms with Gasteiger partial charge in [-0.1, -0.05) is 30.3 Å². The number of rotatable bonds is 8. The van der Waals surface area contributed by atoms with E-state index >= 15 is 0 Å². The SMILES string of the molecule is CCOC(=O)c1ccc(C(=O)OCC)c(NC(=S)Nc2sc(C)c(-c3ccccc3)c2C(=O)OC)c1. The first-order valence-corrected chi connectivity index (χ1v) is 12.4. The van der Waals surface area contributed by atoms with Crippen LogP contribution in [0.2, 0.25) is 0 Å². The van der Waals surface area contributed by atoms with Crippen molar-refractivity contribution in [3.05, 3.63) is 70.1 Å².